The van der Waals surface area contributed by atoms with Gasteiger partial charge in [0.05, 0.1) is 10.9 Å². The van der Waals surface area contributed by atoms with Gasteiger partial charge in [-0.2, -0.15) is 0 Å². The fourth-order valence-corrected chi connectivity index (χ4v) is 4.16. The van der Waals surface area contributed by atoms with Gasteiger partial charge in [0.15, 0.2) is 6.61 Å². The second-order valence-corrected chi connectivity index (χ2v) is 9.75. The van der Waals surface area contributed by atoms with Crippen LogP contribution in [0.2, 0.25) is 5.02 Å². The molecule has 3 aromatic carbocycles. The number of nitrogens with one attached hydrogen (secondary N) is 2. The second-order valence-electron chi connectivity index (χ2n) is 6.71. The third-order valence-electron chi connectivity index (χ3n) is 4.35. The lowest BCUT2D eigenvalue weighted by molar-refractivity contribution is -0.123. The fourth-order valence-electron chi connectivity index (χ4n) is 2.71. The molecule has 1 atom stereocenters. The van der Waals surface area contributed by atoms with E-state index in [1.807, 2.05) is 19.1 Å². The van der Waals surface area contributed by atoms with Crippen molar-refractivity contribution in [2.75, 3.05) is 11.3 Å². The lowest BCUT2D eigenvalue weighted by atomic mass is 10.1. The average Bonchev–Trinajstić information content (AvgIpc) is 2.74. The highest BCUT2D eigenvalue weighted by Crippen LogP contribution is 2.21. The largest absolute Gasteiger partial charge is 0.484 e. The van der Waals surface area contributed by atoms with E-state index < -0.39 is 10.0 Å². The molecule has 1 unspecified atom stereocenters. The van der Waals surface area contributed by atoms with Crippen LogP contribution in [0.1, 0.15) is 18.5 Å². The van der Waals surface area contributed by atoms with E-state index in [2.05, 4.69) is 26.0 Å². The first-order chi connectivity index (χ1) is 14.7. The van der Waals surface area contributed by atoms with Gasteiger partial charge in [0, 0.05) is 15.2 Å². The fraction of sp³-hybridized carbons (Fsp3) is 0.136. The summed E-state index contributed by atoms with van der Waals surface area (Å²) in [6.07, 6.45) is 0. The lowest BCUT2D eigenvalue weighted by Crippen LogP contribution is -2.31. The van der Waals surface area contributed by atoms with Crippen molar-refractivity contribution in [3.8, 4) is 5.75 Å². The monoisotopic (exact) mass is 522 g/mol. The molecule has 0 fully saturated rings. The summed E-state index contributed by atoms with van der Waals surface area (Å²) in [4.78, 5) is 12.2. The molecule has 0 aromatic heterocycles. The van der Waals surface area contributed by atoms with E-state index in [1.165, 1.54) is 24.3 Å². The van der Waals surface area contributed by atoms with Crippen molar-refractivity contribution in [3.63, 3.8) is 0 Å². The summed E-state index contributed by atoms with van der Waals surface area (Å²) in [7, 11) is -3.73. The smallest absolute Gasteiger partial charge is 0.261 e. The summed E-state index contributed by atoms with van der Waals surface area (Å²) in [6, 6.07) is 19.7. The zero-order valence-electron chi connectivity index (χ0n) is 16.5. The van der Waals surface area contributed by atoms with E-state index in [4.69, 9.17) is 16.3 Å². The Labute approximate surface area is 194 Å². The van der Waals surface area contributed by atoms with Crippen molar-refractivity contribution in [2.45, 2.75) is 17.9 Å². The van der Waals surface area contributed by atoms with Gasteiger partial charge in [0.2, 0.25) is 0 Å². The first-order valence-corrected chi connectivity index (χ1v) is 11.9. The van der Waals surface area contributed by atoms with Crippen LogP contribution in [0.5, 0.6) is 5.75 Å². The van der Waals surface area contributed by atoms with Crippen molar-refractivity contribution >= 4 is 49.1 Å². The molecular formula is C22H20BrClN2O4S. The molecule has 0 saturated carbocycles. The highest BCUT2D eigenvalue weighted by Gasteiger charge is 2.15. The van der Waals surface area contributed by atoms with Crippen molar-refractivity contribution in [1.82, 2.24) is 5.32 Å². The van der Waals surface area contributed by atoms with Gasteiger partial charge in [-0.05, 0) is 73.2 Å². The second kappa shape index (κ2) is 10.2. The van der Waals surface area contributed by atoms with Gasteiger partial charge >= 0.3 is 0 Å². The molecule has 31 heavy (non-hydrogen) atoms. The van der Waals surface area contributed by atoms with Gasteiger partial charge < -0.3 is 10.1 Å². The Morgan fingerprint density at radius 2 is 1.61 bits per heavy atom. The van der Waals surface area contributed by atoms with E-state index in [0.717, 1.165) is 10.0 Å². The van der Waals surface area contributed by atoms with Crippen molar-refractivity contribution < 1.29 is 17.9 Å². The lowest BCUT2D eigenvalue weighted by Gasteiger charge is -2.15. The highest BCUT2D eigenvalue weighted by atomic mass is 79.9. The van der Waals surface area contributed by atoms with Gasteiger partial charge in [0.25, 0.3) is 15.9 Å². The molecule has 0 aliphatic rings. The Bertz CT molecular complexity index is 1140. The van der Waals surface area contributed by atoms with Crippen LogP contribution in [0, 0.1) is 0 Å². The zero-order valence-corrected chi connectivity index (χ0v) is 19.7. The first-order valence-electron chi connectivity index (χ1n) is 9.29. The number of rotatable bonds is 8. The number of halogens is 2. The van der Waals surface area contributed by atoms with E-state index in [-0.39, 0.29) is 23.5 Å². The number of hydrogen-bond acceptors (Lipinski definition) is 4. The molecule has 0 aliphatic carbocycles. The van der Waals surface area contributed by atoms with E-state index in [9.17, 15) is 13.2 Å². The van der Waals surface area contributed by atoms with Gasteiger partial charge in [-0.15, -0.1) is 0 Å². The predicted octanol–water partition coefficient (Wildman–Crippen LogP) is 5.16. The zero-order chi connectivity index (χ0) is 22.4. The standard InChI is InChI=1S/C22H20BrClN2O4S/c1-15(16-2-6-18(24)7-3-16)25-22(27)14-30-20-10-12-21(13-11-20)31(28,29)26-19-8-4-17(23)5-9-19/h2-13,15,26H,14H2,1H3,(H,25,27). The first kappa shape index (κ1) is 23.1. The van der Waals surface area contributed by atoms with Gasteiger partial charge in [-0.3, -0.25) is 9.52 Å². The molecule has 0 bridgehead atoms. The third kappa shape index (κ3) is 6.72. The predicted molar refractivity (Wildman–Crippen MR) is 125 cm³/mol. The number of ether oxygens (including phenoxy) is 1. The summed E-state index contributed by atoms with van der Waals surface area (Å²) in [6.45, 7) is 1.67. The number of carbonyl (C=O) groups is 1. The van der Waals surface area contributed by atoms with Crippen LogP contribution >= 0.6 is 27.5 Å². The minimum atomic E-state index is -3.73. The quantitative estimate of drug-likeness (QED) is 0.427. The summed E-state index contributed by atoms with van der Waals surface area (Å²) in [5, 5.41) is 3.46. The summed E-state index contributed by atoms with van der Waals surface area (Å²) < 4.78 is 33.8. The van der Waals surface area contributed by atoms with Crippen LogP contribution in [-0.4, -0.2) is 20.9 Å². The van der Waals surface area contributed by atoms with Crippen LogP contribution in [0.25, 0.3) is 0 Å². The summed E-state index contributed by atoms with van der Waals surface area (Å²) >= 11 is 9.18. The Morgan fingerprint density at radius 1 is 1.00 bits per heavy atom. The van der Waals surface area contributed by atoms with Gasteiger partial charge in [-0.1, -0.05) is 39.7 Å². The Kier molecular flexibility index (Phi) is 7.59. The Morgan fingerprint density at radius 3 is 2.23 bits per heavy atom. The van der Waals surface area contributed by atoms with Crippen molar-refractivity contribution in [3.05, 3.63) is 87.9 Å². The van der Waals surface area contributed by atoms with E-state index in [1.54, 1.807) is 36.4 Å². The minimum Gasteiger partial charge on any atom is -0.484 e. The molecule has 9 heteroatoms. The number of benzene rings is 3. The Balaban J connectivity index is 1.54. The van der Waals surface area contributed by atoms with Gasteiger partial charge in [0.1, 0.15) is 5.75 Å². The number of anilines is 1. The molecule has 0 aliphatic heterocycles. The number of amides is 1. The molecule has 162 valence electrons. The topological polar surface area (TPSA) is 84.5 Å². The number of hydrogen-bond donors (Lipinski definition) is 2. The van der Waals surface area contributed by atoms with Crippen LogP contribution in [-0.2, 0) is 14.8 Å². The van der Waals surface area contributed by atoms with Crippen LogP contribution in [0.15, 0.2) is 82.2 Å². The van der Waals surface area contributed by atoms with Crippen LogP contribution < -0.4 is 14.8 Å². The van der Waals surface area contributed by atoms with Crippen molar-refractivity contribution in [1.29, 1.82) is 0 Å². The highest BCUT2D eigenvalue weighted by molar-refractivity contribution is 9.10. The summed E-state index contributed by atoms with van der Waals surface area (Å²) in [5.41, 5.74) is 1.38. The molecule has 0 heterocycles. The number of sulfonamides is 1. The average molecular weight is 524 g/mol. The third-order valence-corrected chi connectivity index (χ3v) is 6.53. The van der Waals surface area contributed by atoms with Crippen molar-refractivity contribution in [2.24, 2.45) is 0 Å². The normalized spacial score (nSPS) is 12.1. The molecule has 3 rings (SSSR count). The molecule has 0 saturated heterocycles. The molecule has 0 radical (unpaired) electrons. The van der Waals surface area contributed by atoms with E-state index in [0.29, 0.717) is 16.5 Å². The number of carbonyl (C=O) groups excluding carboxylic acids is 1. The molecule has 2 N–H and O–H groups in total. The minimum absolute atomic E-state index is 0.0866. The van der Waals surface area contributed by atoms with E-state index >= 15 is 0 Å². The maximum atomic E-state index is 12.5. The van der Waals surface area contributed by atoms with Gasteiger partial charge in [-0.25, -0.2) is 8.42 Å². The van der Waals surface area contributed by atoms with Crippen LogP contribution in [0.4, 0.5) is 5.69 Å². The molecule has 3 aromatic rings. The maximum absolute atomic E-state index is 12.5. The van der Waals surface area contributed by atoms with Crippen LogP contribution in [0.3, 0.4) is 0 Å². The Hall–Kier alpha value is -2.55. The molecule has 6 nitrogen and oxygen atoms in total. The SMILES string of the molecule is CC(NC(=O)COc1ccc(S(=O)(=O)Nc2ccc(Br)cc2)cc1)c1ccc(Cl)cc1. The summed E-state index contributed by atoms with van der Waals surface area (Å²) in [5.74, 6) is 0.0907. The molecule has 0 spiro atoms. The maximum Gasteiger partial charge on any atom is 0.261 e. The molecule has 1 amide bonds. The molecular weight excluding hydrogens is 504 g/mol.